The summed E-state index contributed by atoms with van der Waals surface area (Å²) in [7, 11) is 0. The van der Waals surface area contributed by atoms with E-state index in [4.69, 9.17) is 9.47 Å². The van der Waals surface area contributed by atoms with Crippen LogP contribution in [0, 0.1) is 6.92 Å². The van der Waals surface area contributed by atoms with E-state index in [0.717, 1.165) is 52.4 Å². The minimum Gasteiger partial charge on any atom is -0.492 e. The quantitative estimate of drug-likeness (QED) is 0.193. The molecule has 1 unspecified atom stereocenters. The average molecular weight is 611 g/mol. The van der Waals surface area contributed by atoms with Crippen molar-refractivity contribution in [1.82, 2.24) is 19.7 Å². The summed E-state index contributed by atoms with van der Waals surface area (Å²) in [6, 6.07) is 19.6. The normalized spacial score (nSPS) is 15.8. The zero-order chi connectivity index (χ0) is 30.7. The molecule has 5 aromatic rings. The Morgan fingerprint density at radius 1 is 1.07 bits per heavy atom. The van der Waals surface area contributed by atoms with Gasteiger partial charge in [0.05, 0.1) is 24.2 Å². The summed E-state index contributed by atoms with van der Waals surface area (Å²) >= 11 is 1.63. The first-order valence-corrected chi connectivity index (χ1v) is 15.8. The van der Waals surface area contributed by atoms with Gasteiger partial charge >= 0.3 is 6.03 Å². The number of urea groups is 1. The number of morpholine rings is 1. The molecule has 0 radical (unpaired) electrons. The first kappa shape index (κ1) is 29.8. The largest absolute Gasteiger partial charge is 0.492 e. The highest BCUT2D eigenvalue weighted by atomic mass is 32.1. The predicted molar refractivity (Wildman–Crippen MR) is 176 cm³/mol. The molecule has 0 spiro atoms. The zero-order valence-electron chi connectivity index (χ0n) is 25.5. The van der Waals surface area contributed by atoms with Crippen molar-refractivity contribution in [2.45, 2.75) is 39.2 Å². The van der Waals surface area contributed by atoms with Crippen LogP contribution in [0.3, 0.4) is 0 Å². The van der Waals surface area contributed by atoms with E-state index in [1.807, 2.05) is 54.9 Å². The summed E-state index contributed by atoms with van der Waals surface area (Å²) in [5.74, 6) is 1.37. The number of hydrogen-bond donors (Lipinski definition) is 2. The van der Waals surface area contributed by atoms with Gasteiger partial charge in [0.2, 0.25) is 0 Å². The molecule has 0 saturated carbocycles. The highest BCUT2D eigenvalue weighted by Gasteiger charge is 2.24. The molecule has 1 aliphatic heterocycles. The molecule has 1 saturated heterocycles. The maximum absolute atomic E-state index is 13.2. The summed E-state index contributed by atoms with van der Waals surface area (Å²) in [6.45, 7) is 12.3. The molecule has 6 rings (SSSR count). The standard InChI is InChI=1S/C34H38N6O3S/c1-23-9-10-24(34(2,3)4)21-28(23)40-31(13-14-36-40)38-33(41)37-27-11-12-29(26-8-6-5-7-25(26)27)42-18-16-39-17-19-43-30(22-39)32-35-15-20-44-32/h5-15,20-21,30H,16-19,22H2,1-4H3,(H2,37,38,41). The number of carbonyl (C=O) groups is 1. The van der Waals surface area contributed by atoms with Crippen molar-refractivity contribution in [3.05, 3.63) is 94.6 Å². The van der Waals surface area contributed by atoms with Crippen molar-refractivity contribution in [1.29, 1.82) is 0 Å². The van der Waals surface area contributed by atoms with Crippen LogP contribution in [0.4, 0.5) is 16.3 Å². The fourth-order valence-electron chi connectivity index (χ4n) is 5.40. The third-order valence-corrected chi connectivity index (χ3v) is 8.73. The van der Waals surface area contributed by atoms with Gasteiger partial charge in [0.1, 0.15) is 29.3 Å². The van der Waals surface area contributed by atoms with Crippen molar-refractivity contribution >= 4 is 39.6 Å². The molecular formula is C34H38N6O3S. The molecule has 1 fully saturated rings. The lowest BCUT2D eigenvalue weighted by Crippen LogP contribution is -2.40. The molecule has 3 heterocycles. The summed E-state index contributed by atoms with van der Waals surface area (Å²) in [5.41, 5.74) is 3.88. The first-order chi connectivity index (χ1) is 21.3. The highest BCUT2D eigenvalue weighted by molar-refractivity contribution is 7.09. The van der Waals surface area contributed by atoms with Gasteiger partial charge in [-0.25, -0.2) is 14.5 Å². The molecule has 1 aliphatic rings. The molecule has 2 amide bonds. The molecule has 2 N–H and O–H groups in total. The number of nitrogens with one attached hydrogen (secondary N) is 2. The van der Waals surface area contributed by atoms with Crippen molar-refractivity contribution in [2.24, 2.45) is 0 Å². The number of thiazole rings is 1. The van der Waals surface area contributed by atoms with E-state index >= 15 is 0 Å². The lowest BCUT2D eigenvalue weighted by molar-refractivity contribution is -0.0329. The zero-order valence-corrected chi connectivity index (χ0v) is 26.4. The van der Waals surface area contributed by atoms with Crippen molar-refractivity contribution in [3.8, 4) is 11.4 Å². The van der Waals surface area contributed by atoms with Gasteiger partial charge in [-0.2, -0.15) is 5.10 Å². The van der Waals surface area contributed by atoms with E-state index in [9.17, 15) is 4.79 Å². The molecule has 9 nitrogen and oxygen atoms in total. The average Bonchev–Trinajstić information content (AvgIpc) is 3.71. The fourth-order valence-corrected chi connectivity index (χ4v) is 6.08. The topological polar surface area (TPSA) is 93.5 Å². The SMILES string of the molecule is Cc1ccc(C(C)(C)C)cc1-n1nccc1NC(=O)Nc1ccc(OCCN2CCOC(c3nccs3)C2)c2ccccc12. The second-order valence-electron chi connectivity index (χ2n) is 12.0. The fraction of sp³-hybridized carbons (Fsp3) is 0.324. The minimum absolute atomic E-state index is 0.00896. The molecule has 3 aromatic carbocycles. The Morgan fingerprint density at radius 2 is 1.91 bits per heavy atom. The summed E-state index contributed by atoms with van der Waals surface area (Å²) in [5, 5.41) is 15.4. The van der Waals surface area contributed by atoms with Gasteiger partial charge in [-0.15, -0.1) is 11.3 Å². The van der Waals surface area contributed by atoms with Crippen LogP contribution in [0.2, 0.25) is 0 Å². The minimum atomic E-state index is -0.350. The summed E-state index contributed by atoms with van der Waals surface area (Å²) in [6.07, 6.45) is 3.52. The van der Waals surface area contributed by atoms with Crippen molar-refractivity contribution in [3.63, 3.8) is 0 Å². The number of aromatic nitrogens is 3. The number of hydrogen-bond acceptors (Lipinski definition) is 7. The van der Waals surface area contributed by atoms with Gasteiger partial charge in [0, 0.05) is 48.0 Å². The smallest absolute Gasteiger partial charge is 0.324 e. The van der Waals surface area contributed by atoms with Gasteiger partial charge < -0.3 is 14.8 Å². The highest BCUT2D eigenvalue weighted by Crippen LogP contribution is 2.32. The number of aryl methyl sites for hydroxylation is 1. The van der Waals surface area contributed by atoms with Crippen LogP contribution in [0.15, 0.2) is 78.4 Å². The van der Waals surface area contributed by atoms with Crippen LogP contribution in [0.1, 0.15) is 43.0 Å². The van der Waals surface area contributed by atoms with E-state index in [-0.39, 0.29) is 17.6 Å². The van der Waals surface area contributed by atoms with Crippen molar-refractivity contribution < 1.29 is 14.3 Å². The van der Waals surface area contributed by atoms with Crippen LogP contribution in [-0.4, -0.2) is 58.5 Å². The van der Waals surface area contributed by atoms with Gasteiger partial charge in [-0.05, 0) is 41.7 Å². The third kappa shape index (κ3) is 6.62. The van der Waals surface area contributed by atoms with E-state index in [0.29, 0.717) is 24.7 Å². The Balaban J connectivity index is 1.12. The van der Waals surface area contributed by atoms with Gasteiger partial charge in [0.25, 0.3) is 0 Å². The number of carbonyl (C=O) groups excluding carboxylic acids is 1. The lowest BCUT2D eigenvalue weighted by Gasteiger charge is -2.31. The Kier molecular flexibility index (Phi) is 8.65. The van der Waals surface area contributed by atoms with Crippen LogP contribution < -0.4 is 15.4 Å². The Morgan fingerprint density at radius 3 is 2.70 bits per heavy atom. The third-order valence-electron chi connectivity index (χ3n) is 7.86. The van der Waals surface area contributed by atoms with Crippen molar-refractivity contribution in [2.75, 3.05) is 43.5 Å². The number of rotatable bonds is 8. The van der Waals surface area contributed by atoms with Gasteiger partial charge in [-0.1, -0.05) is 57.2 Å². The second kappa shape index (κ2) is 12.8. The van der Waals surface area contributed by atoms with Crippen LogP contribution in [0.5, 0.6) is 5.75 Å². The number of fused-ring (bicyclic) bond motifs is 1. The summed E-state index contributed by atoms with van der Waals surface area (Å²) < 4.78 is 14.0. The van der Waals surface area contributed by atoms with E-state index in [1.54, 1.807) is 28.3 Å². The van der Waals surface area contributed by atoms with Crippen LogP contribution in [0.25, 0.3) is 16.5 Å². The maximum atomic E-state index is 13.2. The maximum Gasteiger partial charge on any atom is 0.324 e. The Hall–Kier alpha value is -4.25. The lowest BCUT2D eigenvalue weighted by atomic mass is 9.86. The van der Waals surface area contributed by atoms with Gasteiger partial charge in [0.15, 0.2) is 0 Å². The van der Waals surface area contributed by atoms with E-state index in [2.05, 4.69) is 64.6 Å². The molecule has 228 valence electrons. The summed E-state index contributed by atoms with van der Waals surface area (Å²) in [4.78, 5) is 20.0. The number of amides is 2. The van der Waals surface area contributed by atoms with Gasteiger partial charge in [-0.3, -0.25) is 10.2 Å². The molecule has 1 atom stereocenters. The number of nitrogens with zero attached hydrogens (tertiary/aromatic N) is 4. The van der Waals surface area contributed by atoms with Crippen LogP contribution >= 0.6 is 11.3 Å². The molecule has 0 aliphatic carbocycles. The molecule has 0 bridgehead atoms. The van der Waals surface area contributed by atoms with E-state index in [1.165, 1.54) is 5.56 Å². The monoisotopic (exact) mass is 610 g/mol. The predicted octanol–water partition coefficient (Wildman–Crippen LogP) is 7.18. The number of benzene rings is 3. The Bertz CT molecular complexity index is 1740. The number of anilines is 2. The molecule has 44 heavy (non-hydrogen) atoms. The molecular weight excluding hydrogens is 572 g/mol. The van der Waals surface area contributed by atoms with Crippen LogP contribution in [-0.2, 0) is 10.2 Å². The van der Waals surface area contributed by atoms with E-state index < -0.39 is 0 Å². The molecule has 2 aromatic heterocycles. The Labute approximate surface area is 261 Å². The second-order valence-corrected chi connectivity index (χ2v) is 12.9. The number of ether oxygens (including phenoxy) is 2. The first-order valence-electron chi connectivity index (χ1n) is 14.9. The molecule has 10 heteroatoms.